The van der Waals surface area contributed by atoms with Crippen molar-refractivity contribution in [1.82, 2.24) is 0 Å². The Bertz CT molecular complexity index is 1510. The number of nitrogen functional groups attached to an aromatic ring is 1. The molecule has 0 aliphatic heterocycles. The fraction of sp³-hybridized carbons (Fsp3) is 0.471. The largest absolute Gasteiger partial charge is 0.457 e. The molecule has 0 aromatic heterocycles. The van der Waals surface area contributed by atoms with Gasteiger partial charge in [0.05, 0.1) is 18.1 Å². The Labute approximate surface area is 254 Å². The van der Waals surface area contributed by atoms with Crippen LogP contribution in [-0.2, 0) is 14.3 Å². The lowest BCUT2D eigenvalue weighted by Gasteiger charge is -2.62. The van der Waals surface area contributed by atoms with Crippen molar-refractivity contribution in [1.29, 1.82) is 0 Å². The number of fused-ring (bicyclic) bond motifs is 5. The lowest BCUT2D eigenvalue weighted by molar-refractivity contribution is -0.203. The van der Waals surface area contributed by atoms with E-state index in [0.29, 0.717) is 22.7 Å². The molecule has 8 nitrogen and oxygen atoms in total. The highest BCUT2D eigenvalue weighted by Gasteiger charge is 2.73. The molecule has 4 aliphatic rings. The molecule has 0 spiro atoms. The first-order chi connectivity index (χ1) is 20.8. The van der Waals surface area contributed by atoms with Crippen LogP contribution in [0.2, 0.25) is 0 Å². The fourth-order valence-electron chi connectivity index (χ4n) is 8.62. The number of hydrogen-bond acceptors (Lipinski definition) is 8. The second-order valence-corrected chi connectivity index (χ2v) is 13.1. The number of rotatable bonds is 7. The summed E-state index contributed by atoms with van der Waals surface area (Å²) in [6, 6.07) is 13.4. The SMILES string of the molecule is C[C@]12C[C@H](O)[C@@]3(F)[C@@H](C[C@H](F)C4=CC(=O)C=C[C@@]43C)[C@@H]1C[C@@H](O[C@H](O)c1ccc(Oc3ccc(N)cc3)cc1)[C@@H]2C(=O)CO. The summed E-state index contributed by atoms with van der Waals surface area (Å²) in [5.74, 6) is -2.52. The zero-order valence-corrected chi connectivity index (χ0v) is 24.5. The van der Waals surface area contributed by atoms with Crippen molar-refractivity contribution in [3.63, 3.8) is 0 Å². The number of Topliss-reactive ketones (excluding diaryl/α,β-unsaturated/α-hetero) is 1. The van der Waals surface area contributed by atoms with E-state index in [1.807, 2.05) is 0 Å². The number of anilines is 1. The molecule has 3 saturated carbocycles. The molecular weight excluding hydrogens is 572 g/mol. The minimum Gasteiger partial charge on any atom is -0.457 e. The van der Waals surface area contributed by atoms with E-state index in [2.05, 4.69) is 0 Å². The van der Waals surface area contributed by atoms with Crippen LogP contribution in [0.15, 0.2) is 72.3 Å². The van der Waals surface area contributed by atoms with Crippen molar-refractivity contribution in [3.8, 4) is 11.5 Å². The minimum atomic E-state index is -2.32. The number of aliphatic hydroxyl groups is 3. The summed E-state index contributed by atoms with van der Waals surface area (Å²) in [7, 11) is 0. The number of carbonyl (C=O) groups excluding carboxylic acids is 2. The maximum absolute atomic E-state index is 17.5. The third-order valence-corrected chi connectivity index (χ3v) is 10.7. The van der Waals surface area contributed by atoms with Gasteiger partial charge in [-0.05, 0) is 91.6 Å². The third kappa shape index (κ3) is 4.62. The smallest absolute Gasteiger partial charge is 0.181 e. The van der Waals surface area contributed by atoms with Gasteiger partial charge in [0.25, 0.3) is 0 Å². The molecule has 6 rings (SSSR count). The molecular formula is C34H37F2NO7. The number of nitrogens with two attached hydrogens (primary N) is 1. The van der Waals surface area contributed by atoms with E-state index in [-0.39, 0.29) is 24.8 Å². The van der Waals surface area contributed by atoms with Crippen LogP contribution in [0.5, 0.6) is 11.5 Å². The van der Waals surface area contributed by atoms with Crippen molar-refractivity contribution in [3.05, 3.63) is 77.9 Å². The molecule has 10 atom stereocenters. The maximum atomic E-state index is 17.5. The highest BCUT2D eigenvalue weighted by molar-refractivity contribution is 6.01. The van der Waals surface area contributed by atoms with E-state index < -0.39 is 77.1 Å². The average molecular weight is 610 g/mol. The number of hydrogen-bond donors (Lipinski definition) is 4. The average Bonchev–Trinajstić information content (AvgIpc) is 3.27. The van der Waals surface area contributed by atoms with Gasteiger partial charge < -0.3 is 30.5 Å². The van der Waals surface area contributed by atoms with E-state index >= 15 is 8.78 Å². The summed E-state index contributed by atoms with van der Waals surface area (Å²) >= 11 is 0. The van der Waals surface area contributed by atoms with Crippen LogP contribution < -0.4 is 10.5 Å². The molecule has 5 N–H and O–H groups in total. The van der Waals surface area contributed by atoms with Gasteiger partial charge in [-0.25, -0.2) is 8.78 Å². The molecule has 2 aromatic rings. The van der Waals surface area contributed by atoms with Crippen LogP contribution in [0, 0.1) is 28.6 Å². The standard InChI is InChI=1S/C34H37F2NO7/c1-32-16-29(41)34(36)24(14-26(35)25-13-20(39)11-12-33(25,34)2)23(32)15-28(30(32)27(40)17-38)44-31(42)18-3-7-21(8-4-18)43-22-9-5-19(37)6-10-22/h3-13,23-24,26,28-31,38,41-42H,14-17,37H2,1-2H3/t23-,24-,26-,28+,29-,30-,31-,32-,33-,34-/m0/s1. The molecule has 234 valence electrons. The summed E-state index contributed by atoms with van der Waals surface area (Å²) in [6.45, 7) is 2.46. The van der Waals surface area contributed by atoms with Gasteiger partial charge in [-0.2, -0.15) is 0 Å². The van der Waals surface area contributed by atoms with E-state index in [1.54, 1.807) is 55.5 Å². The second kappa shape index (κ2) is 10.9. The van der Waals surface area contributed by atoms with Gasteiger partial charge in [0, 0.05) is 22.6 Å². The Morgan fingerprint density at radius 1 is 1.07 bits per heavy atom. The molecule has 0 saturated heterocycles. The number of carbonyl (C=O) groups is 2. The maximum Gasteiger partial charge on any atom is 0.181 e. The zero-order valence-electron chi connectivity index (χ0n) is 24.5. The Hall–Kier alpha value is -3.44. The summed E-state index contributed by atoms with van der Waals surface area (Å²) in [6.07, 6.45) is -2.23. The Morgan fingerprint density at radius 2 is 1.70 bits per heavy atom. The first-order valence-electron chi connectivity index (χ1n) is 14.9. The van der Waals surface area contributed by atoms with Gasteiger partial charge >= 0.3 is 0 Å². The quantitative estimate of drug-likeness (QED) is 0.265. The number of allylic oxidation sites excluding steroid dienone is 4. The summed E-state index contributed by atoms with van der Waals surface area (Å²) in [5.41, 5.74) is 1.79. The summed E-state index contributed by atoms with van der Waals surface area (Å²) < 4.78 is 45.1. The van der Waals surface area contributed by atoms with E-state index in [0.717, 1.165) is 6.08 Å². The number of ketones is 2. The van der Waals surface area contributed by atoms with Gasteiger partial charge in [-0.3, -0.25) is 9.59 Å². The highest BCUT2D eigenvalue weighted by atomic mass is 19.1. The van der Waals surface area contributed by atoms with Crippen LogP contribution >= 0.6 is 0 Å². The van der Waals surface area contributed by atoms with Crippen LogP contribution in [0.25, 0.3) is 0 Å². The van der Waals surface area contributed by atoms with Crippen LogP contribution in [0.4, 0.5) is 14.5 Å². The lowest BCUT2D eigenvalue weighted by Crippen LogP contribution is -2.68. The number of ether oxygens (including phenoxy) is 2. The van der Waals surface area contributed by atoms with Crippen LogP contribution in [0.1, 0.15) is 45.0 Å². The normalized spacial score (nSPS) is 38.2. The van der Waals surface area contributed by atoms with Crippen molar-refractivity contribution in [2.75, 3.05) is 12.3 Å². The molecule has 0 heterocycles. The monoisotopic (exact) mass is 609 g/mol. The Morgan fingerprint density at radius 3 is 2.34 bits per heavy atom. The van der Waals surface area contributed by atoms with Gasteiger partial charge in [0.1, 0.15) is 24.3 Å². The van der Waals surface area contributed by atoms with Crippen molar-refractivity contribution < 1.29 is 43.2 Å². The van der Waals surface area contributed by atoms with Crippen LogP contribution in [-0.4, -0.2) is 57.5 Å². The van der Waals surface area contributed by atoms with Crippen molar-refractivity contribution in [2.24, 2.45) is 28.6 Å². The predicted molar refractivity (Wildman–Crippen MR) is 157 cm³/mol. The van der Waals surface area contributed by atoms with Crippen LogP contribution in [0.3, 0.4) is 0 Å². The highest BCUT2D eigenvalue weighted by Crippen LogP contribution is 2.69. The Kier molecular flexibility index (Phi) is 7.56. The van der Waals surface area contributed by atoms with Gasteiger partial charge in [-0.1, -0.05) is 25.1 Å². The first-order valence-corrected chi connectivity index (χ1v) is 14.9. The number of alkyl halides is 2. The Balaban J connectivity index is 1.27. The van der Waals surface area contributed by atoms with Gasteiger partial charge in [0.2, 0.25) is 0 Å². The van der Waals surface area contributed by atoms with E-state index in [9.17, 15) is 24.9 Å². The number of halogens is 2. The first kappa shape index (κ1) is 30.6. The second-order valence-electron chi connectivity index (χ2n) is 13.1. The van der Waals surface area contributed by atoms with Crippen molar-refractivity contribution >= 4 is 17.3 Å². The number of benzene rings is 2. The van der Waals surface area contributed by atoms with Gasteiger partial charge in [-0.15, -0.1) is 0 Å². The molecule has 2 aromatic carbocycles. The van der Waals surface area contributed by atoms with E-state index in [4.69, 9.17) is 15.2 Å². The third-order valence-electron chi connectivity index (χ3n) is 10.7. The molecule has 3 fully saturated rings. The summed E-state index contributed by atoms with van der Waals surface area (Å²) in [4.78, 5) is 25.3. The van der Waals surface area contributed by atoms with Crippen molar-refractivity contribution in [2.45, 2.75) is 63.4 Å². The zero-order chi connectivity index (χ0) is 31.6. The summed E-state index contributed by atoms with van der Waals surface area (Å²) in [5, 5.41) is 32.5. The molecule has 10 heteroatoms. The molecule has 0 radical (unpaired) electrons. The molecule has 0 bridgehead atoms. The number of aliphatic hydroxyl groups excluding tert-OH is 3. The molecule has 0 amide bonds. The molecule has 4 aliphatic carbocycles. The predicted octanol–water partition coefficient (Wildman–Crippen LogP) is 4.54. The fourth-order valence-corrected chi connectivity index (χ4v) is 8.62. The molecule has 44 heavy (non-hydrogen) atoms. The van der Waals surface area contributed by atoms with Gasteiger partial charge in [0.15, 0.2) is 23.5 Å². The topological polar surface area (TPSA) is 139 Å². The van der Waals surface area contributed by atoms with E-state index in [1.165, 1.54) is 19.1 Å². The lowest BCUT2D eigenvalue weighted by atomic mass is 9.45. The molecule has 0 unspecified atom stereocenters. The minimum absolute atomic E-state index is 0.0134.